The zero-order valence-corrected chi connectivity index (χ0v) is 13.8. The lowest BCUT2D eigenvalue weighted by atomic mass is 9.91. The molecule has 0 spiro atoms. The van der Waals surface area contributed by atoms with Gasteiger partial charge in [-0.25, -0.2) is 0 Å². The fourth-order valence-corrected chi connectivity index (χ4v) is 2.58. The van der Waals surface area contributed by atoms with Crippen LogP contribution in [0, 0.1) is 6.92 Å². The molecule has 3 aromatic rings. The molecule has 1 unspecified atom stereocenters. The third-order valence-electron chi connectivity index (χ3n) is 3.66. The van der Waals surface area contributed by atoms with Crippen molar-refractivity contribution in [3.05, 3.63) is 76.8 Å². The highest BCUT2D eigenvalue weighted by atomic mass is 35.5. The summed E-state index contributed by atoms with van der Waals surface area (Å²) in [7, 11) is 0. The number of carbonyl (C=O) groups excluding carboxylic acids is 1. The zero-order valence-electron chi connectivity index (χ0n) is 13.1. The molecule has 5 nitrogen and oxygen atoms in total. The van der Waals surface area contributed by atoms with E-state index in [0.717, 1.165) is 11.1 Å². The summed E-state index contributed by atoms with van der Waals surface area (Å²) in [6, 6.07) is 12.8. The number of benzene rings is 1. The van der Waals surface area contributed by atoms with Crippen molar-refractivity contribution in [1.82, 2.24) is 10.1 Å². The molecule has 0 radical (unpaired) electrons. The van der Waals surface area contributed by atoms with Crippen molar-refractivity contribution in [3.63, 3.8) is 0 Å². The van der Waals surface area contributed by atoms with Gasteiger partial charge >= 0.3 is 0 Å². The average molecular weight is 342 g/mol. The van der Waals surface area contributed by atoms with Gasteiger partial charge in [-0.1, -0.05) is 28.9 Å². The number of anilines is 1. The first-order chi connectivity index (χ1) is 11.6. The monoisotopic (exact) mass is 341 g/mol. The molecule has 2 aromatic heterocycles. The topological polar surface area (TPSA) is 68.0 Å². The summed E-state index contributed by atoms with van der Waals surface area (Å²) in [5.41, 5.74) is 1.91. The van der Waals surface area contributed by atoms with Crippen molar-refractivity contribution in [1.29, 1.82) is 0 Å². The Kier molecular flexibility index (Phi) is 4.91. The largest absolute Gasteiger partial charge is 0.360 e. The maximum Gasteiger partial charge on any atom is 0.233 e. The minimum absolute atomic E-state index is 0.151. The number of aromatic nitrogens is 2. The summed E-state index contributed by atoms with van der Waals surface area (Å²) in [5, 5.41) is 7.25. The van der Waals surface area contributed by atoms with Crippen molar-refractivity contribution < 1.29 is 9.32 Å². The molecule has 6 heteroatoms. The Labute approximate surface area is 144 Å². The minimum atomic E-state index is -0.373. The van der Waals surface area contributed by atoms with Crippen LogP contribution in [-0.2, 0) is 11.2 Å². The second-order valence-corrected chi connectivity index (χ2v) is 5.91. The minimum Gasteiger partial charge on any atom is -0.360 e. The lowest BCUT2D eigenvalue weighted by Crippen LogP contribution is -2.23. The summed E-state index contributed by atoms with van der Waals surface area (Å²) in [4.78, 5) is 16.8. The maximum atomic E-state index is 12.8. The summed E-state index contributed by atoms with van der Waals surface area (Å²) in [6.45, 7) is 1.77. The Balaban J connectivity index is 1.85. The smallest absolute Gasteiger partial charge is 0.233 e. The van der Waals surface area contributed by atoms with Crippen LogP contribution >= 0.6 is 11.6 Å². The van der Waals surface area contributed by atoms with Gasteiger partial charge in [-0.15, -0.1) is 0 Å². The molecule has 122 valence electrons. The third-order valence-corrected chi connectivity index (χ3v) is 3.91. The van der Waals surface area contributed by atoms with Gasteiger partial charge in [0.15, 0.2) is 5.82 Å². The SMILES string of the molecule is Cc1cc(NC(=O)C(Cc2ccncc2)c2ccc(Cl)cc2)no1. The number of rotatable bonds is 5. The quantitative estimate of drug-likeness (QED) is 0.761. The molecule has 0 saturated carbocycles. The van der Waals surface area contributed by atoms with E-state index in [0.29, 0.717) is 23.0 Å². The average Bonchev–Trinajstić information content (AvgIpc) is 2.99. The Hall–Kier alpha value is -2.66. The molecule has 1 aromatic carbocycles. The van der Waals surface area contributed by atoms with E-state index in [1.807, 2.05) is 24.3 Å². The second-order valence-electron chi connectivity index (χ2n) is 5.48. The Morgan fingerprint density at radius 1 is 1.21 bits per heavy atom. The molecule has 1 N–H and O–H groups in total. The van der Waals surface area contributed by atoms with Gasteiger partial charge in [-0.3, -0.25) is 9.78 Å². The maximum absolute atomic E-state index is 12.8. The van der Waals surface area contributed by atoms with Crippen LogP contribution in [0.2, 0.25) is 5.02 Å². The third kappa shape index (κ3) is 4.00. The predicted octanol–water partition coefficient (Wildman–Crippen LogP) is 4.00. The molecule has 0 aliphatic rings. The second kappa shape index (κ2) is 7.27. The number of aryl methyl sites for hydroxylation is 1. The van der Waals surface area contributed by atoms with Crippen LogP contribution < -0.4 is 5.32 Å². The molecule has 1 amide bonds. The number of nitrogens with zero attached hydrogens (tertiary/aromatic N) is 2. The Morgan fingerprint density at radius 2 is 1.92 bits per heavy atom. The van der Waals surface area contributed by atoms with Gasteiger partial charge in [-0.05, 0) is 48.7 Å². The van der Waals surface area contributed by atoms with Crippen LogP contribution in [-0.4, -0.2) is 16.0 Å². The number of pyridine rings is 1. The normalized spacial score (nSPS) is 11.9. The highest BCUT2D eigenvalue weighted by Gasteiger charge is 2.22. The van der Waals surface area contributed by atoms with E-state index < -0.39 is 0 Å². The summed E-state index contributed by atoms with van der Waals surface area (Å²) in [5.74, 6) is 0.526. The first kappa shape index (κ1) is 16.2. The molecular formula is C18H16ClN3O2. The number of hydrogen-bond acceptors (Lipinski definition) is 4. The summed E-state index contributed by atoms with van der Waals surface area (Å²) >= 11 is 5.96. The van der Waals surface area contributed by atoms with Gasteiger partial charge in [0.2, 0.25) is 5.91 Å². The molecule has 0 bridgehead atoms. The van der Waals surface area contributed by atoms with E-state index in [1.165, 1.54) is 0 Å². The van der Waals surface area contributed by atoms with E-state index in [2.05, 4.69) is 15.5 Å². The lowest BCUT2D eigenvalue weighted by molar-refractivity contribution is -0.117. The van der Waals surface area contributed by atoms with Crippen LogP contribution in [0.5, 0.6) is 0 Å². The number of halogens is 1. The van der Waals surface area contributed by atoms with Gasteiger partial charge < -0.3 is 9.84 Å². The van der Waals surface area contributed by atoms with Crippen molar-refractivity contribution in [2.45, 2.75) is 19.3 Å². The zero-order chi connectivity index (χ0) is 16.9. The highest BCUT2D eigenvalue weighted by Crippen LogP contribution is 2.24. The van der Waals surface area contributed by atoms with E-state index in [-0.39, 0.29) is 11.8 Å². The van der Waals surface area contributed by atoms with Crippen molar-refractivity contribution >= 4 is 23.3 Å². The summed E-state index contributed by atoms with van der Waals surface area (Å²) < 4.78 is 4.99. The van der Waals surface area contributed by atoms with Crippen LogP contribution in [0.3, 0.4) is 0 Å². The molecule has 24 heavy (non-hydrogen) atoms. The Morgan fingerprint density at radius 3 is 2.54 bits per heavy atom. The number of amides is 1. The van der Waals surface area contributed by atoms with Gasteiger partial charge in [0.05, 0.1) is 5.92 Å². The molecule has 1 atom stereocenters. The van der Waals surface area contributed by atoms with Gasteiger partial charge in [0.25, 0.3) is 0 Å². The van der Waals surface area contributed by atoms with Crippen molar-refractivity contribution in [3.8, 4) is 0 Å². The molecule has 0 fully saturated rings. The molecule has 3 rings (SSSR count). The van der Waals surface area contributed by atoms with Gasteiger partial charge in [0.1, 0.15) is 5.76 Å². The first-order valence-corrected chi connectivity index (χ1v) is 7.88. The fourth-order valence-electron chi connectivity index (χ4n) is 2.45. The molecule has 0 aliphatic heterocycles. The van der Waals surface area contributed by atoms with Gasteiger partial charge in [-0.2, -0.15) is 0 Å². The lowest BCUT2D eigenvalue weighted by Gasteiger charge is -2.16. The summed E-state index contributed by atoms with van der Waals surface area (Å²) in [6.07, 6.45) is 3.98. The van der Waals surface area contributed by atoms with E-state index in [4.69, 9.17) is 16.1 Å². The van der Waals surface area contributed by atoms with E-state index in [9.17, 15) is 4.79 Å². The van der Waals surface area contributed by atoms with Crippen LogP contribution in [0.4, 0.5) is 5.82 Å². The van der Waals surface area contributed by atoms with Crippen LogP contribution in [0.15, 0.2) is 59.4 Å². The number of hydrogen-bond donors (Lipinski definition) is 1. The van der Waals surface area contributed by atoms with E-state index in [1.54, 1.807) is 37.5 Å². The molecule has 0 aliphatic carbocycles. The van der Waals surface area contributed by atoms with Crippen LogP contribution in [0.1, 0.15) is 22.8 Å². The number of nitrogens with one attached hydrogen (secondary N) is 1. The molecule has 0 saturated heterocycles. The first-order valence-electron chi connectivity index (χ1n) is 7.50. The van der Waals surface area contributed by atoms with E-state index >= 15 is 0 Å². The predicted molar refractivity (Wildman–Crippen MR) is 92.0 cm³/mol. The molecular weight excluding hydrogens is 326 g/mol. The van der Waals surface area contributed by atoms with Crippen molar-refractivity contribution in [2.75, 3.05) is 5.32 Å². The molecule has 2 heterocycles. The standard InChI is InChI=1S/C18H16ClN3O2/c1-12-10-17(22-24-12)21-18(23)16(11-13-6-8-20-9-7-13)14-2-4-15(19)5-3-14/h2-10,16H,11H2,1H3,(H,21,22,23). The number of carbonyl (C=O) groups is 1. The van der Waals surface area contributed by atoms with Crippen LogP contribution in [0.25, 0.3) is 0 Å². The Bertz CT molecular complexity index is 816. The van der Waals surface area contributed by atoms with Gasteiger partial charge in [0, 0.05) is 23.5 Å². The van der Waals surface area contributed by atoms with Crippen molar-refractivity contribution in [2.24, 2.45) is 0 Å². The fraction of sp³-hybridized carbons (Fsp3) is 0.167. The highest BCUT2D eigenvalue weighted by molar-refractivity contribution is 6.30.